The van der Waals surface area contributed by atoms with Gasteiger partial charge in [0.25, 0.3) is 5.69 Å². The fourth-order valence-electron chi connectivity index (χ4n) is 3.48. The van der Waals surface area contributed by atoms with Gasteiger partial charge in [-0.25, -0.2) is 0 Å². The number of rotatable bonds is 6. The van der Waals surface area contributed by atoms with E-state index in [1.807, 2.05) is 12.1 Å². The Labute approximate surface area is 142 Å². The Hall–Kier alpha value is -1.95. The zero-order chi connectivity index (χ0) is 17.7. The third-order valence-electron chi connectivity index (χ3n) is 4.88. The molecule has 0 aromatic heterocycles. The van der Waals surface area contributed by atoms with Gasteiger partial charge >= 0.3 is 5.97 Å². The van der Waals surface area contributed by atoms with Crippen molar-refractivity contribution in [2.75, 3.05) is 7.11 Å². The molecule has 0 atom stereocenters. The number of non-ortho nitro benzene ring substituents is 1. The Morgan fingerprint density at radius 2 is 1.83 bits per heavy atom. The highest BCUT2D eigenvalue weighted by molar-refractivity contribution is 5.72. The normalized spacial score (nSPS) is 21.0. The van der Waals surface area contributed by atoms with Crippen LogP contribution in [0, 0.1) is 16.0 Å². The van der Waals surface area contributed by atoms with Crippen LogP contribution in [0.2, 0.25) is 0 Å². The summed E-state index contributed by atoms with van der Waals surface area (Å²) in [6.07, 6.45) is 3.68. The van der Waals surface area contributed by atoms with E-state index in [0.29, 0.717) is 12.1 Å². The summed E-state index contributed by atoms with van der Waals surface area (Å²) in [4.78, 5) is 24.5. The van der Waals surface area contributed by atoms with Gasteiger partial charge in [0, 0.05) is 30.8 Å². The lowest BCUT2D eigenvalue weighted by molar-refractivity contribution is -0.384. The first kappa shape index (κ1) is 18.4. The lowest BCUT2D eigenvalue weighted by Gasteiger charge is -2.38. The SMILES string of the molecule is COC(=O)[C@H]1CC[C@H](N(Cc2ccc([N+](=O)[O-])cc2)C(C)C)CC1. The average molecular weight is 334 g/mol. The summed E-state index contributed by atoms with van der Waals surface area (Å²) >= 11 is 0. The molecule has 0 aliphatic heterocycles. The largest absolute Gasteiger partial charge is 0.469 e. The molecular formula is C18H26N2O4. The van der Waals surface area contributed by atoms with Crippen molar-refractivity contribution < 1.29 is 14.5 Å². The molecule has 1 saturated carbocycles. The van der Waals surface area contributed by atoms with Crippen LogP contribution in [0.15, 0.2) is 24.3 Å². The number of carbonyl (C=O) groups is 1. The third kappa shape index (κ3) is 4.54. The molecule has 6 heteroatoms. The van der Waals surface area contributed by atoms with E-state index < -0.39 is 0 Å². The van der Waals surface area contributed by atoms with Gasteiger partial charge in [0.05, 0.1) is 18.0 Å². The molecule has 1 aromatic carbocycles. The van der Waals surface area contributed by atoms with Crippen LogP contribution in [0.25, 0.3) is 0 Å². The van der Waals surface area contributed by atoms with Gasteiger partial charge in [-0.15, -0.1) is 0 Å². The molecule has 0 radical (unpaired) electrons. The fourth-order valence-corrected chi connectivity index (χ4v) is 3.48. The summed E-state index contributed by atoms with van der Waals surface area (Å²) in [5.41, 5.74) is 1.19. The van der Waals surface area contributed by atoms with Crippen molar-refractivity contribution in [2.24, 2.45) is 5.92 Å². The molecule has 6 nitrogen and oxygen atoms in total. The van der Waals surface area contributed by atoms with Crippen molar-refractivity contribution in [1.29, 1.82) is 0 Å². The van der Waals surface area contributed by atoms with Crippen molar-refractivity contribution in [1.82, 2.24) is 4.90 Å². The molecule has 24 heavy (non-hydrogen) atoms. The number of carbonyl (C=O) groups excluding carboxylic acids is 1. The number of ether oxygens (including phenoxy) is 1. The molecule has 0 N–H and O–H groups in total. The Balaban J connectivity index is 2.00. The predicted octanol–water partition coefficient (Wildman–Crippen LogP) is 3.54. The first-order valence-corrected chi connectivity index (χ1v) is 8.49. The van der Waals surface area contributed by atoms with E-state index in [2.05, 4.69) is 18.7 Å². The minimum Gasteiger partial charge on any atom is -0.469 e. The number of esters is 1. The summed E-state index contributed by atoms with van der Waals surface area (Å²) in [5.74, 6) is -0.0699. The summed E-state index contributed by atoms with van der Waals surface area (Å²) in [7, 11) is 1.45. The van der Waals surface area contributed by atoms with E-state index >= 15 is 0 Å². The maximum absolute atomic E-state index is 11.7. The van der Waals surface area contributed by atoms with Gasteiger partial charge in [0.1, 0.15) is 0 Å². The van der Waals surface area contributed by atoms with Crippen LogP contribution in [0.5, 0.6) is 0 Å². The maximum atomic E-state index is 11.7. The van der Waals surface area contributed by atoms with E-state index in [4.69, 9.17) is 4.74 Å². The van der Waals surface area contributed by atoms with Gasteiger partial charge in [-0.1, -0.05) is 12.1 Å². The molecule has 0 unspecified atom stereocenters. The van der Waals surface area contributed by atoms with E-state index in [1.165, 1.54) is 7.11 Å². The van der Waals surface area contributed by atoms with Crippen molar-refractivity contribution in [3.63, 3.8) is 0 Å². The molecule has 0 amide bonds. The lowest BCUT2D eigenvalue weighted by atomic mass is 9.84. The van der Waals surface area contributed by atoms with Gasteiger partial charge in [0.15, 0.2) is 0 Å². The van der Waals surface area contributed by atoms with Gasteiger partial charge in [-0.2, -0.15) is 0 Å². The molecular weight excluding hydrogens is 308 g/mol. The summed E-state index contributed by atoms with van der Waals surface area (Å²) in [6, 6.07) is 7.58. The second-order valence-corrected chi connectivity index (χ2v) is 6.72. The Morgan fingerprint density at radius 3 is 2.29 bits per heavy atom. The summed E-state index contributed by atoms with van der Waals surface area (Å²) in [5, 5.41) is 10.8. The Kier molecular flexibility index (Phi) is 6.31. The second-order valence-electron chi connectivity index (χ2n) is 6.72. The van der Waals surface area contributed by atoms with Gasteiger partial charge < -0.3 is 4.74 Å². The number of nitrogens with zero attached hydrogens (tertiary/aromatic N) is 2. The van der Waals surface area contributed by atoms with E-state index in [1.54, 1.807) is 12.1 Å². The van der Waals surface area contributed by atoms with Crippen molar-refractivity contribution in [3.05, 3.63) is 39.9 Å². The quantitative estimate of drug-likeness (QED) is 0.452. The van der Waals surface area contributed by atoms with Crippen LogP contribution in [0.1, 0.15) is 45.1 Å². The van der Waals surface area contributed by atoms with Crippen LogP contribution in [-0.2, 0) is 16.1 Å². The highest BCUT2D eigenvalue weighted by atomic mass is 16.6. The van der Waals surface area contributed by atoms with E-state index in [-0.39, 0.29) is 22.5 Å². The molecule has 0 bridgehead atoms. The molecule has 0 heterocycles. The third-order valence-corrected chi connectivity index (χ3v) is 4.88. The molecule has 0 spiro atoms. The molecule has 1 aliphatic carbocycles. The second kappa shape index (κ2) is 8.24. The summed E-state index contributed by atoms with van der Waals surface area (Å²) in [6.45, 7) is 5.10. The van der Waals surface area contributed by atoms with Crippen LogP contribution in [-0.4, -0.2) is 35.0 Å². The van der Waals surface area contributed by atoms with Crippen molar-refractivity contribution in [3.8, 4) is 0 Å². The Morgan fingerprint density at radius 1 is 1.25 bits per heavy atom. The van der Waals surface area contributed by atoms with Crippen molar-refractivity contribution in [2.45, 2.75) is 58.2 Å². The van der Waals surface area contributed by atoms with Crippen molar-refractivity contribution >= 4 is 11.7 Å². The highest BCUT2D eigenvalue weighted by Crippen LogP contribution is 2.30. The maximum Gasteiger partial charge on any atom is 0.308 e. The smallest absolute Gasteiger partial charge is 0.308 e. The Bertz CT molecular complexity index is 563. The highest BCUT2D eigenvalue weighted by Gasteiger charge is 2.31. The van der Waals surface area contributed by atoms with Crippen LogP contribution in [0.3, 0.4) is 0 Å². The molecule has 0 saturated heterocycles. The molecule has 1 aliphatic rings. The number of benzene rings is 1. The molecule has 1 aromatic rings. The van der Waals surface area contributed by atoms with E-state index in [9.17, 15) is 14.9 Å². The number of methoxy groups -OCH3 is 1. The zero-order valence-electron chi connectivity index (χ0n) is 14.6. The predicted molar refractivity (Wildman–Crippen MR) is 91.5 cm³/mol. The topological polar surface area (TPSA) is 72.7 Å². The van der Waals surface area contributed by atoms with Crippen LogP contribution >= 0.6 is 0 Å². The van der Waals surface area contributed by atoms with Crippen LogP contribution in [0.4, 0.5) is 5.69 Å². The van der Waals surface area contributed by atoms with Crippen LogP contribution < -0.4 is 0 Å². The monoisotopic (exact) mass is 334 g/mol. The molecule has 2 rings (SSSR count). The lowest BCUT2D eigenvalue weighted by Crippen LogP contribution is -2.42. The summed E-state index contributed by atoms with van der Waals surface area (Å²) < 4.78 is 4.85. The number of hydrogen-bond donors (Lipinski definition) is 0. The zero-order valence-corrected chi connectivity index (χ0v) is 14.6. The standard InChI is InChI=1S/C18H26N2O4/c1-13(2)19(12-14-4-8-17(9-5-14)20(22)23)16-10-6-15(7-11-16)18(21)24-3/h4-5,8-9,13,15-16H,6-7,10-12H2,1-3H3/t15-,16-. The van der Waals surface area contributed by atoms with E-state index in [0.717, 1.165) is 37.8 Å². The average Bonchev–Trinajstić information content (AvgIpc) is 2.59. The minimum absolute atomic E-state index is 0.0274. The van der Waals surface area contributed by atoms with Gasteiger partial charge in [-0.3, -0.25) is 19.8 Å². The first-order chi connectivity index (χ1) is 11.4. The van der Waals surface area contributed by atoms with Gasteiger partial charge in [0.2, 0.25) is 0 Å². The first-order valence-electron chi connectivity index (χ1n) is 8.49. The number of nitro benzene ring substituents is 1. The molecule has 132 valence electrons. The minimum atomic E-state index is -0.377. The fraction of sp³-hybridized carbons (Fsp3) is 0.611. The molecule has 1 fully saturated rings. The number of nitro groups is 1. The number of hydrogen-bond acceptors (Lipinski definition) is 5. The van der Waals surface area contributed by atoms with Gasteiger partial charge in [-0.05, 0) is 45.1 Å².